The molecule has 0 aliphatic carbocycles. The molecule has 8 amide bonds. The first-order valence-corrected chi connectivity index (χ1v) is 21.8. The van der Waals surface area contributed by atoms with Gasteiger partial charge in [-0.2, -0.15) is 0 Å². The third kappa shape index (κ3) is 20.2. The van der Waals surface area contributed by atoms with Crippen LogP contribution in [0.3, 0.4) is 0 Å². The molecular weight excluding hydrogens is 785 g/mol. The first-order valence-electron chi connectivity index (χ1n) is 21.8. The maximum absolute atomic E-state index is 14.1. The number of carbonyl (C=O) groups is 9. The quantitative estimate of drug-likeness (QED) is 0.0400. The Labute approximate surface area is 361 Å². The fraction of sp³-hybridized carbons (Fsp3) is 0.659. The van der Waals surface area contributed by atoms with Crippen molar-refractivity contribution < 1.29 is 43.2 Å². The van der Waals surface area contributed by atoms with Gasteiger partial charge in [0, 0.05) is 19.3 Å². The molecule has 17 heteroatoms. The third-order valence-corrected chi connectivity index (χ3v) is 11.1. The fourth-order valence-corrected chi connectivity index (χ4v) is 6.48. The number of hydrogen-bond acceptors (Lipinski definition) is 9. The van der Waals surface area contributed by atoms with Gasteiger partial charge in [0.1, 0.15) is 36.5 Å². The van der Waals surface area contributed by atoms with Crippen molar-refractivity contribution in [2.24, 2.45) is 29.2 Å². The molecule has 1 aromatic rings. The SMILES string of the molecule is CCCCCCC(=O)N[C@H](C(=O)N[C@@H](CCC(N)=O)C(=O)N[C@H](C(=O)N[C@H](CCC(N)=O)C(=O)N[C@H](C(=O)N[C@H](C=O)Cc1ccccc1)[C@@H](C)CC)[C@@H](C)CC)[C@@H](C)CC. The molecule has 342 valence electrons. The van der Waals surface area contributed by atoms with E-state index in [0.29, 0.717) is 32.0 Å². The summed E-state index contributed by atoms with van der Waals surface area (Å²) in [4.78, 5) is 118. The van der Waals surface area contributed by atoms with E-state index in [4.69, 9.17) is 11.5 Å². The van der Waals surface area contributed by atoms with Gasteiger partial charge in [-0.1, -0.05) is 117 Å². The molecule has 61 heavy (non-hydrogen) atoms. The maximum Gasteiger partial charge on any atom is 0.243 e. The van der Waals surface area contributed by atoms with E-state index in [9.17, 15) is 43.2 Å². The molecule has 0 spiro atoms. The average molecular weight is 857 g/mol. The summed E-state index contributed by atoms with van der Waals surface area (Å²) in [5, 5.41) is 16.1. The van der Waals surface area contributed by atoms with Crippen LogP contribution < -0.4 is 43.4 Å². The van der Waals surface area contributed by atoms with Crippen molar-refractivity contribution in [2.75, 3.05) is 0 Å². The lowest BCUT2D eigenvalue weighted by Crippen LogP contribution is -2.61. The second-order valence-corrected chi connectivity index (χ2v) is 16.1. The van der Waals surface area contributed by atoms with Crippen LogP contribution in [0.15, 0.2) is 30.3 Å². The van der Waals surface area contributed by atoms with Gasteiger partial charge in [-0.25, -0.2) is 0 Å². The summed E-state index contributed by atoms with van der Waals surface area (Å²) in [5.74, 6) is -6.71. The molecule has 17 nitrogen and oxygen atoms in total. The van der Waals surface area contributed by atoms with E-state index in [1.165, 1.54) is 0 Å². The zero-order valence-corrected chi connectivity index (χ0v) is 37.2. The Bertz CT molecular complexity index is 1590. The molecule has 0 saturated carbocycles. The number of primary amides is 2. The molecule has 1 aromatic carbocycles. The summed E-state index contributed by atoms with van der Waals surface area (Å²) in [6.07, 6.45) is 4.90. The van der Waals surface area contributed by atoms with Gasteiger partial charge in [-0.05, 0) is 49.0 Å². The summed E-state index contributed by atoms with van der Waals surface area (Å²) in [6.45, 7) is 12.7. The average Bonchev–Trinajstić information content (AvgIpc) is 3.23. The summed E-state index contributed by atoms with van der Waals surface area (Å²) >= 11 is 0. The molecule has 0 aliphatic heterocycles. The molecule has 0 saturated heterocycles. The van der Waals surface area contributed by atoms with E-state index in [-0.39, 0.29) is 50.4 Å². The van der Waals surface area contributed by atoms with Gasteiger partial charge in [0.2, 0.25) is 47.3 Å². The summed E-state index contributed by atoms with van der Waals surface area (Å²) < 4.78 is 0. The highest BCUT2D eigenvalue weighted by molar-refractivity contribution is 5.97. The van der Waals surface area contributed by atoms with Crippen LogP contribution in [0, 0.1) is 17.8 Å². The van der Waals surface area contributed by atoms with Crippen LogP contribution in [0.4, 0.5) is 0 Å². The molecule has 0 bridgehead atoms. The lowest BCUT2D eigenvalue weighted by molar-refractivity contribution is -0.137. The second-order valence-electron chi connectivity index (χ2n) is 16.1. The molecule has 9 atom stereocenters. The summed E-state index contributed by atoms with van der Waals surface area (Å²) in [5.41, 5.74) is 11.7. The van der Waals surface area contributed by atoms with Gasteiger partial charge < -0.3 is 48.2 Å². The second kappa shape index (κ2) is 29.0. The van der Waals surface area contributed by atoms with Gasteiger partial charge >= 0.3 is 0 Å². The molecule has 0 fully saturated rings. The number of rotatable bonds is 31. The van der Waals surface area contributed by atoms with Gasteiger partial charge in [-0.15, -0.1) is 0 Å². The molecule has 10 N–H and O–H groups in total. The van der Waals surface area contributed by atoms with Crippen LogP contribution in [0.5, 0.6) is 0 Å². The van der Waals surface area contributed by atoms with Crippen LogP contribution in [0.25, 0.3) is 0 Å². The standard InChI is InChI=1S/C44H72N8O9/c1-8-12-13-17-20-36(56)50-37(27(5)9-2)43(60)48-32(21-23-34(45)54)41(58)52-39(29(7)11-4)44(61)49-33(22-24-35(46)55)40(57)51-38(28(6)10-3)42(59)47-31(26-53)25-30-18-15-14-16-19-30/h14-16,18-19,26-29,31-33,37-39H,8-13,17,20-25H2,1-7H3,(H2,45,54)(H2,46,55)(H,47,59)(H,48,60)(H,49,61)(H,50,56)(H,51,57)(H,52,58)/t27-,28-,29-,31-,32-,33+,37-,38-,39-/m0/s1. The zero-order valence-electron chi connectivity index (χ0n) is 37.2. The van der Waals surface area contributed by atoms with Gasteiger partial charge in [0.25, 0.3) is 0 Å². The number of aldehydes is 1. The number of benzene rings is 1. The predicted octanol–water partition coefficient (Wildman–Crippen LogP) is 1.98. The normalized spacial score (nSPS) is 15.5. The monoisotopic (exact) mass is 857 g/mol. The Hall–Kier alpha value is -5.35. The number of nitrogens with one attached hydrogen (secondary N) is 6. The topological polar surface area (TPSA) is 278 Å². The maximum atomic E-state index is 14.1. The van der Waals surface area contributed by atoms with Crippen molar-refractivity contribution in [3.05, 3.63) is 35.9 Å². The third-order valence-electron chi connectivity index (χ3n) is 11.1. The van der Waals surface area contributed by atoms with Crippen LogP contribution in [-0.4, -0.2) is 89.8 Å². The van der Waals surface area contributed by atoms with E-state index >= 15 is 0 Å². The minimum Gasteiger partial charge on any atom is -0.370 e. The molecule has 0 radical (unpaired) electrons. The first kappa shape index (κ1) is 53.7. The Balaban J connectivity index is 3.35. The number of nitrogens with two attached hydrogens (primary N) is 2. The molecule has 0 aliphatic rings. The van der Waals surface area contributed by atoms with E-state index in [1.807, 2.05) is 44.2 Å². The van der Waals surface area contributed by atoms with Crippen molar-refractivity contribution >= 4 is 53.5 Å². The van der Waals surface area contributed by atoms with Gasteiger partial charge in [-0.3, -0.25) is 38.4 Å². The minimum absolute atomic E-state index is 0.209. The van der Waals surface area contributed by atoms with Crippen LogP contribution in [0.1, 0.15) is 131 Å². The smallest absolute Gasteiger partial charge is 0.243 e. The summed E-state index contributed by atoms with van der Waals surface area (Å²) in [7, 11) is 0. The Kier molecular flexibility index (Phi) is 25.5. The lowest BCUT2D eigenvalue weighted by atomic mass is 9.95. The van der Waals surface area contributed by atoms with Gasteiger partial charge in [0.15, 0.2) is 0 Å². The number of hydrogen-bond donors (Lipinski definition) is 8. The highest BCUT2D eigenvalue weighted by atomic mass is 16.2. The van der Waals surface area contributed by atoms with Crippen molar-refractivity contribution in [3.63, 3.8) is 0 Å². The summed E-state index contributed by atoms with van der Waals surface area (Å²) in [6, 6.07) is 2.07. The lowest BCUT2D eigenvalue weighted by Gasteiger charge is -2.30. The zero-order chi connectivity index (χ0) is 46.1. The van der Waals surface area contributed by atoms with Crippen molar-refractivity contribution in [3.8, 4) is 0 Å². The largest absolute Gasteiger partial charge is 0.370 e. The molecule has 0 heterocycles. The number of carbonyl (C=O) groups excluding carboxylic acids is 9. The number of amides is 8. The number of unbranched alkanes of at least 4 members (excludes halogenated alkanes) is 3. The first-order chi connectivity index (χ1) is 28.9. The highest BCUT2D eigenvalue weighted by Crippen LogP contribution is 2.15. The molecule has 1 rings (SSSR count). The van der Waals surface area contributed by atoms with Crippen molar-refractivity contribution in [1.82, 2.24) is 31.9 Å². The minimum atomic E-state index is -1.39. The molecular formula is C44H72N8O9. The van der Waals surface area contributed by atoms with Crippen LogP contribution in [0.2, 0.25) is 0 Å². The fourth-order valence-electron chi connectivity index (χ4n) is 6.48. The Morgan fingerprint density at radius 2 is 0.967 bits per heavy atom. The van der Waals surface area contributed by atoms with Crippen LogP contribution >= 0.6 is 0 Å². The Morgan fingerprint density at radius 1 is 0.541 bits per heavy atom. The van der Waals surface area contributed by atoms with E-state index in [0.717, 1.165) is 24.8 Å². The molecule has 0 unspecified atom stereocenters. The highest BCUT2D eigenvalue weighted by Gasteiger charge is 2.36. The van der Waals surface area contributed by atoms with Crippen LogP contribution in [-0.2, 0) is 49.6 Å². The molecule has 0 aromatic heterocycles. The van der Waals surface area contributed by atoms with Gasteiger partial charge in [0.05, 0.1) is 6.04 Å². The predicted molar refractivity (Wildman–Crippen MR) is 232 cm³/mol. The van der Waals surface area contributed by atoms with Crippen molar-refractivity contribution in [2.45, 2.75) is 168 Å². The Morgan fingerprint density at radius 3 is 1.36 bits per heavy atom. The van der Waals surface area contributed by atoms with E-state index in [1.54, 1.807) is 27.7 Å². The van der Waals surface area contributed by atoms with E-state index < -0.39 is 89.4 Å². The van der Waals surface area contributed by atoms with E-state index in [2.05, 4.69) is 38.8 Å². The van der Waals surface area contributed by atoms with Crippen molar-refractivity contribution in [1.29, 1.82) is 0 Å².